The Morgan fingerprint density at radius 3 is 2.29 bits per heavy atom. The summed E-state index contributed by atoms with van der Waals surface area (Å²) in [5.41, 5.74) is 3.11. The molecule has 3 aromatic carbocycles. The summed E-state index contributed by atoms with van der Waals surface area (Å²) in [6, 6.07) is 19.2. The molecule has 0 spiro atoms. The summed E-state index contributed by atoms with van der Waals surface area (Å²) < 4.78 is 11.3. The molecule has 0 aliphatic heterocycles. The van der Waals surface area contributed by atoms with E-state index in [9.17, 15) is 14.7 Å². The second-order valence-electron chi connectivity index (χ2n) is 9.72. The minimum atomic E-state index is -0.962. The molecule has 4 aromatic rings. The van der Waals surface area contributed by atoms with Crippen LogP contribution in [0.15, 0.2) is 60.7 Å². The summed E-state index contributed by atoms with van der Waals surface area (Å²) in [6.07, 6.45) is 0.791. The third kappa shape index (κ3) is 5.96. The van der Waals surface area contributed by atoms with Crippen molar-refractivity contribution in [3.05, 3.63) is 77.5 Å². The van der Waals surface area contributed by atoms with E-state index in [4.69, 9.17) is 9.47 Å². The predicted octanol–water partition coefficient (Wildman–Crippen LogP) is 5.46. The van der Waals surface area contributed by atoms with Gasteiger partial charge < -0.3 is 19.9 Å². The molecule has 38 heavy (non-hydrogen) atoms. The molecule has 4 rings (SSSR count). The number of benzene rings is 3. The van der Waals surface area contributed by atoms with E-state index >= 15 is 0 Å². The molecule has 1 heterocycles. The number of aromatic nitrogens is 2. The van der Waals surface area contributed by atoms with E-state index in [2.05, 4.69) is 33.7 Å². The lowest BCUT2D eigenvalue weighted by Gasteiger charge is -2.19. The lowest BCUT2D eigenvalue weighted by atomic mass is 9.95. The molecule has 0 fully saturated rings. The third-order valence-electron chi connectivity index (χ3n) is 6.47. The molecule has 8 heteroatoms. The SMILES string of the molecule is COc1cccc(OC)c1-c1n[nH]c(C(=O)N[C@H](CC(=O)O)CC(C)C)c1Cc1ccc2ccccc2c1. The second kappa shape index (κ2) is 11.8. The van der Waals surface area contributed by atoms with Crippen molar-refractivity contribution in [1.29, 1.82) is 0 Å². The van der Waals surface area contributed by atoms with E-state index < -0.39 is 17.9 Å². The van der Waals surface area contributed by atoms with Crippen molar-refractivity contribution in [2.24, 2.45) is 5.92 Å². The van der Waals surface area contributed by atoms with Crippen LogP contribution in [0.1, 0.15) is 48.3 Å². The molecule has 0 unspecified atom stereocenters. The Balaban J connectivity index is 1.81. The van der Waals surface area contributed by atoms with Crippen LogP contribution < -0.4 is 14.8 Å². The van der Waals surface area contributed by atoms with Crippen LogP contribution in [0.25, 0.3) is 22.0 Å². The highest BCUT2D eigenvalue weighted by molar-refractivity contribution is 5.97. The Morgan fingerprint density at radius 1 is 0.974 bits per heavy atom. The number of aliphatic carboxylic acids is 1. The van der Waals surface area contributed by atoms with E-state index in [1.807, 2.05) is 56.3 Å². The van der Waals surface area contributed by atoms with Crippen molar-refractivity contribution in [2.45, 2.75) is 39.2 Å². The minimum Gasteiger partial charge on any atom is -0.496 e. The van der Waals surface area contributed by atoms with Gasteiger partial charge in [-0.05, 0) is 40.8 Å². The van der Waals surface area contributed by atoms with Crippen LogP contribution >= 0.6 is 0 Å². The summed E-state index contributed by atoms with van der Waals surface area (Å²) in [6.45, 7) is 3.99. The molecule has 0 aliphatic rings. The first-order valence-electron chi connectivity index (χ1n) is 12.6. The van der Waals surface area contributed by atoms with Crippen LogP contribution in [0.3, 0.4) is 0 Å². The van der Waals surface area contributed by atoms with Gasteiger partial charge in [0.2, 0.25) is 0 Å². The Morgan fingerprint density at radius 2 is 1.66 bits per heavy atom. The number of nitrogens with one attached hydrogen (secondary N) is 2. The van der Waals surface area contributed by atoms with Crippen LogP contribution in [-0.4, -0.2) is 47.4 Å². The van der Waals surface area contributed by atoms with Gasteiger partial charge in [0.05, 0.1) is 26.2 Å². The highest BCUT2D eigenvalue weighted by Crippen LogP contribution is 2.40. The third-order valence-corrected chi connectivity index (χ3v) is 6.47. The smallest absolute Gasteiger partial charge is 0.305 e. The van der Waals surface area contributed by atoms with Crippen LogP contribution in [0.5, 0.6) is 11.5 Å². The number of carbonyl (C=O) groups excluding carboxylic acids is 1. The largest absolute Gasteiger partial charge is 0.496 e. The highest BCUT2D eigenvalue weighted by Gasteiger charge is 2.27. The molecule has 0 bridgehead atoms. The maximum atomic E-state index is 13.6. The number of hydrogen-bond acceptors (Lipinski definition) is 5. The molecule has 1 atom stereocenters. The lowest BCUT2D eigenvalue weighted by molar-refractivity contribution is -0.137. The lowest BCUT2D eigenvalue weighted by Crippen LogP contribution is -2.38. The average molecular weight is 516 g/mol. The zero-order chi connectivity index (χ0) is 27.2. The molecule has 0 saturated heterocycles. The molecule has 3 N–H and O–H groups in total. The van der Waals surface area contributed by atoms with E-state index in [0.717, 1.165) is 16.3 Å². The fourth-order valence-corrected chi connectivity index (χ4v) is 4.80. The van der Waals surface area contributed by atoms with Crippen molar-refractivity contribution in [3.8, 4) is 22.8 Å². The zero-order valence-corrected chi connectivity index (χ0v) is 22.1. The summed E-state index contributed by atoms with van der Waals surface area (Å²) in [7, 11) is 3.15. The van der Waals surface area contributed by atoms with E-state index in [0.29, 0.717) is 41.2 Å². The fraction of sp³-hybridized carbons (Fsp3) is 0.300. The van der Waals surface area contributed by atoms with Gasteiger partial charge in [0.15, 0.2) is 0 Å². The first-order valence-corrected chi connectivity index (χ1v) is 12.6. The topological polar surface area (TPSA) is 114 Å². The summed E-state index contributed by atoms with van der Waals surface area (Å²) in [5, 5.41) is 22.0. The Kier molecular flexibility index (Phi) is 8.31. The van der Waals surface area contributed by atoms with E-state index in [1.54, 1.807) is 14.2 Å². The zero-order valence-electron chi connectivity index (χ0n) is 22.1. The molecule has 8 nitrogen and oxygen atoms in total. The number of H-pyrrole nitrogens is 1. The van der Waals surface area contributed by atoms with E-state index in [1.165, 1.54) is 0 Å². The van der Waals surface area contributed by atoms with Crippen LogP contribution in [-0.2, 0) is 11.2 Å². The van der Waals surface area contributed by atoms with Crippen molar-refractivity contribution < 1.29 is 24.2 Å². The number of rotatable bonds is 11. The van der Waals surface area contributed by atoms with Gasteiger partial charge in [0.1, 0.15) is 22.9 Å². The number of fused-ring (bicyclic) bond motifs is 1. The van der Waals surface area contributed by atoms with Gasteiger partial charge in [-0.25, -0.2) is 0 Å². The number of amides is 1. The number of nitrogens with zero attached hydrogens (tertiary/aromatic N) is 1. The van der Waals surface area contributed by atoms with Gasteiger partial charge in [-0.1, -0.05) is 62.4 Å². The van der Waals surface area contributed by atoms with Gasteiger partial charge >= 0.3 is 5.97 Å². The Labute approximate surface area is 222 Å². The molecule has 198 valence electrons. The van der Waals surface area contributed by atoms with Gasteiger partial charge in [-0.3, -0.25) is 14.7 Å². The molecule has 0 aliphatic carbocycles. The first-order chi connectivity index (χ1) is 18.3. The molecule has 1 amide bonds. The number of carboxylic acids is 1. The average Bonchev–Trinajstić information content (AvgIpc) is 3.30. The summed E-state index contributed by atoms with van der Waals surface area (Å²) in [5.74, 6) is -0.0270. The molecular weight excluding hydrogens is 482 g/mol. The maximum absolute atomic E-state index is 13.6. The maximum Gasteiger partial charge on any atom is 0.305 e. The first kappa shape index (κ1) is 26.7. The molecule has 0 radical (unpaired) electrons. The van der Waals surface area contributed by atoms with Crippen molar-refractivity contribution in [2.75, 3.05) is 14.2 Å². The van der Waals surface area contributed by atoms with Gasteiger partial charge in [0, 0.05) is 18.0 Å². The number of methoxy groups -OCH3 is 2. The summed E-state index contributed by atoms with van der Waals surface area (Å²) in [4.78, 5) is 25.0. The van der Waals surface area contributed by atoms with Crippen LogP contribution in [0, 0.1) is 5.92 Å². The van der Waals surface area contributed by atoms with Crippen molar-refractivity contribution in [1.82, 2.24) is 15.5 Å². The molecule has 0 saturated carbocycles. The van der Waals surface area contributed by atoms with Gasteiger partial charge in [-0.2, -0.15) is 5.10 Å². The minimum absolute atomic E-state index is 0.161. The van der Waals surface area contributed by atoms with Crippen LogP contribution in [0.2, 0.25) is 0 Å². The number of hydrogen-bond donors (Lipinski definition) is 3. The van der Waals surface area contributed by atoms with E-state index in [-0.39, 0.29) is 18.0 Å². The number of carboxylic acid groups (broad SMARTS) is 1. The van der Waals surface area contributed by atoms with Crippen molar-refractivity contribution in [3.63, 3.8) is 0 Å². The number of carbonyl (C=O) groups is 2. The predicted molar refractivity (Wildman–Crippen MR) is 147 cm³/mol. The monoisotopic (exact) mass is 515 g/mol. The van der Waals surface area contributed by atoms with Gasteiger partial charge in [0.25, 0.3) is 5.91 Å². The Bertz CT molecular complexity index is 1420. The second-order valence-corrected chi connectivity index (χ2v) is 9.72. The van der Waals surface area contributed by atoms with Gasteiger partial charge in [-0.15, -0.1) is 0 Å². The Hall–Kier alpha value is -4.33. The normalized spacial score (nSPS) is 11.9. The molecule has 1 aromatic heterocycles. The molecular formula is C30H33N3O5. The van der Waals surface area contributed by atoms with Crippen LogP contribution in [0.4, 0.5) is 0 Å². The van der Waals surface area contributed by atoms with Crippen molar-refractivity contribution >= 4 is 22.6 Å². The summed E-state index contributed by atoms with van der Waals surface area (Å²) >= 11 is 0. The standard InChI is InChI=1S/C30H33N3O5/c1-18(2)14-22(17-26(34)35)31-30(36)29-23(16-19-12-13-20-8-5-6-9-21(20)15-19)28(32-33-29)27-24(37-3)10-7-11-25(27)38-4/h5-13,15,18,22H,14,16-17H2,1-4H3,(H,31,36)(H,32,33)(H,34,35)/t22-/m0/s1. The number of ether oxygens (including phenoxy) is 2. The quantitative estimate of drug-likeness (QED) is 0.245. The number of aromatic amines is 1. The fourth-order valence-electron chi connectivity index (χ4n) is 4.80. The highest BCUT2D eigenvalue weighted by atomic mass is 16.5.